The lowest BCUT2D eigenvalue weighted by Crippen LogP contribution is -1.91. The van der Waals surface area contributed by atoms with E-state index in [2.05, 4.69) is 22.1 Å². The van der Waals surface area contributed by atoms with E-state index < -0.39 is 0 Å². The van der Waals surface area contributed by atoms with Crippen LogP contribution in [0.4, 0.5) is 0 Å². The monoisotopic (exact) mass is 210 g/mol. The molecule has 0 aliphatic rings. The van der Waals surface area contributed by atoms with Crippen molar-refractivity contribution in [3.8, 4) is 0 Å². The first-order chi connectivity index (χ1) is 7.92. The molecule has 0 saturated heterocycles. The van der Waals surface area contributed by atoms with Gasteiger partial charge in [-0.1, -0.05) is 30.3 Å². The maximum absolute atomic E-state index is 5.15. The predicted octanol–water partition coefficient (Wildman–Crippen LogP) is 2.81. The fourth-order valence-corrected chi connectivity index (χ4v) is 1.70. The second kappa shape index (κ2) is 3.77. The van der Waals surface area contributed by atoms with Crippen molar-refractivity contribution >= 4 is 11.2 Å². The van der Waals surface area contributed by atoms with Crippen LogP contribution in [0.25, 0.3) is 11.2 Å². The molecule has 0 atom stereocenters. The predicted molar refractivity (Wildman–Crippen MR) is 61.1 cm³/mol. The average Bonchev–Trinajstić information content (AvgIpc) is 2.77. The summed E-state index contributed by atoms with van der Waals surface area (Å²) in [5.41, 5.74) is 3.66. The Morgan fingerprint density at radius 3 is 2.75 bits per heavy atom. The molecule has 0 saturated carbocycles. The van der Waals surface area contributed by atoms with Gasteiger partial charge >= 0.3 is 0 Å². The summed E-state index contributed by atoms with van der Waals surface area (Å²) in [4.78, 5) is 8.47. The van der Waals surface area contributed by atoms with Crippen LogP contribution < -0.4 is 0 Å². The lowest BCUT2D eigenvalue weighted by molar-refractivity contribution is 0.602. The van der Waals surface area contributed by atoms with Gasteiger partial charge in [-0.15, -0.1) is 0 Å². The zero-order valence-electron chi connectivity index (χ0n) is 8.63. The van der Waals surface area contributed by atoms with Crippen molar-refractivity contribution in [1.29, 1.82) is 0 Å². The number of oxazole rings is 1. The molecule has 2 aromatic heterocycles. The Kier molecular flexibility index (Phi) is 2.14. The van der Waals surface area contributed by atoms with Crippen molar-refractivity contribution in [2.24, 2.45) is 0 Å². The lowest BCUT2D eigenvalue weighted by atomic mass is 10.1. The molecule has 0 N–H and O–H groups in total. The normalized spacial score (nSPS) is 10.8. The fourth-order valence-electron chi connectivity index (χ4n) is 1.70. The number of aromatic nitrogens is 2. The topological polar surface area (TPSA) is 38.9 Å². The van der Waals surface area contributed by atoms with Crippen molar-refractivity contribution in [3.05, 3.63) is 60.1 Å². The largest absolute Gasteiger partial charge is 0.442 e. The van der Waals surface area contributed by atoms with Crippen LogP contribution in [-0.4, -0.2) is 9.97 Å². The molecule has 0 bridgehead atoms. The van der Waals surface area contributed by atoms with Crippen LogP contribution in [-0.2, 0) is 6.42 Å². The number of hydrogen-bond acceptors (Lipinski definition) is 3. The number of fused-ring (bicyclic) bond motifs is 1. The van der Waals surface area contributed by atoms with Crippen LogP contribution in [0.15, 0.2) is 53.3 Å². The Bertz CT molecular complexity index is 601. The van der Waals surface area contributed by atoms with Gasteiger partial charge in [-0.25, -0.2) is 4.98 Å². The summed E-state index contributed by atoms with van der Waals surface area (Å²) in [6.45, 7) is 0. The molecule has 3 rings (SSSR count). The van der Waals surface area contributed by atoms with Crippen molar-refractivity contribution < 1.29 is 4.42 Å². The molecular weight excluding hydrogens is 200 g/mol. The maximum Gasteiger partial charge on any atom is 0.198 e. The Balaban J connectivity index is 1.94. The molecule has 0 radical (unpaired) electrons. The summed E-state index contributed by atoms with van der Waals surface area (Å²) in [5, 5.41) is 0. The molecule has 0 aliphatic carbocycles. The molecular formula is C13H10N2O. The molecule has 0 aliphatic heterocycles. The highest BCUT2D eigenvalue weighted by atomic mass is 16.3. The molecule has 2 heterocycles. The van der Waals surface area contributed by atoms with Crippen molar-refractivity contribution in [1.82, 2.24) is 9.97 Å². The van der Waals surface area contributed by atoms with E-state index in [1.54, 1.807) is 0 Å². The van der Waals surface area contributed by atoms with Crippen molar-refractivity contribution in [2.75, 3.05) is 0 Å². The van der Waals surface area contributed by atoms with E-state index >= 15 is 0 Å². The van der Waals surface area contributed by atoms with Crippen LogP contribution in [0.1, 0.15) is 11.3 Å². The standard InChI is InChI=1S/C13H10N2O/c1-2-4-10(5-3-1)8-11-6-7-12-13(15-11)14-9-16-12/h1-7,9H,8H2. The summed E-state index contributed by atoms with van der Waals surface area (Å²) in [7, 11) is 0. The van der Waals surface area contributed by atoms with Crippen LogP contribution in [0.5, 0.6) is 0 Å². The van der Waals surface area contributed by atoms with Gasteiger partial charge in [0, 0.05) is 12.1 Å². The second-order valence-electron chi connectivity index (χ2n) is 3.64. The van der Waals surface area contributed by atoms with Crippen LogP contribution in [0.2, 0.25) is 0 Å². The van der Waals surface area contributed by atoms with Gasteiger partial charge in [0.1, 0.15) is 0 Å². The first kappa shape index (κ1) is 9.09. The quantitative estimate of drug-likeness (QED) is 0.652. The van der Waals surface area contributed by atoms with Crippen molar-refractivity contribution in [3.63, 3.8) is 0 Å². The van der Waals surface area contributed by atoms with Gasteiger partial charge in [0.15, 0.2) is 17.6 Å². The molecule has 78 valence electrons. The fraction of sp³-hybridized carbons (Fsp3) is 0.0769. The zero-order chi connectivity index (χ0) is 10.8. The summed E-state index contributed by atoms with van der Waals surface area (Å²) < 4.78 is 5.15. The molecule has 0 spiro atoms. The highest BCUT2D eigenvalue weighted by molar-refractivity contribution is 5.67. The number of benzene rings is 1. The molecule has 0 unspecified atom stereocenters. The second-order valence-corrected chi connectivity index (χ2v) is 3.64. The molecule has 3 heteroatoms. The van der Waals surface area contributed by atoms with E-state index in [-0.39, 0.29) is 0 Å². The molecule has 16 heavy (non-hydrogen) atoms. The average molecular weight is 210 g/mol. The van der Waals surface area contributed by atoms with Gasteiger partial charge in [0.2, 0.25) is 0 Å². The summed E-state index contributed by atoms with van der Waals surface area (Å²) >= 11 is 0. The van der Waals surface area contributed by atoms with Gasteiger partial charge in [-0.2, -0.15) is 4.98 Å². The van der Waals surface area contributed by atoms with Crippen LogP contribution >= 0.6 is 0 Å². The first-order valence-corrected chi connectivity index (χ1v) is 5.15. The van der Waals surface area contributed by atoms with Crippen LogP contribution in [0, 0.1) is 0 Å². The molecule has 0 amide bonds. The van der Waals surface area contributed by atoms with Gasteiger partial charge < -0.3 is 4.42 Å². The third kappa shape index (κ3) is 1.67. The van der Waals surface area contributed by atoms with E-state index in [1.165, 1.54) is 12.0 Å². The van der Waals surface area contributed by atoms with E-state index in [0.29, 0.717) is 5.65 Å². The Morgan fingerprint density at radius 2 is 1.88 bits per heavy atom. The highest BCUT2D eigenvalue weighted by Crippen LogP contribution is 2.13. The summed E-state index contributed by atoms with van der Waals surface area (Å²) in [6, 6.07) is 14.1. The van der Waals surface area contributed by atoms with E-state index in [1.807, 2.05) is 30.3 Å². The Morgan fingerprint density at radius 1 is 1.00 bits per heavy atom. The van der Waals surface area contributed by atoms with Gasteiger partial charge in [-0.3, -0.25) is 0 Å². The van der Waals surface area contributed by atoms with Crippen LogP contribution in [0.3, 0.4) is 0 Å². The van der Waals surface area contributed by atoms with E-state index in [4.69, 9.17) is 4.42 Å². The molecule has 3 aromatic rings. The smallest absolute Gasteiger partial charge is 0.198 e. The lowest BCUT2D eigenvalue weighted by Gasteiger charge is -1.99. The van der Waals surface area contributed by atoms with Gasteiger partial charge in [0.25, 0.3) is 0 Å². The third-order valence-electron chi connectivity index (χ3n) is 2.48. The summed E-state index contributed by atoms with van der Waals surface area (Å²) in [6.07, 6.45) is 2.24. The maximum atomic E-state index is 5.15. The minimum atomic E-state index is 0.674. The highest BCUT2D eigenvalue weighted by Gasteiger charge is 2.02. The van der Waals surface area contributed by atoms with Crippen molar-refractivity contribution in [2.45, 2.75) is 6.42 Å². The number of nitrogens with zero attached hydrogens (tertiary/aromatic N) is 2. The summed E-state index contributed by atoms with van der Waals surface area (Å²) in [5.74, 6) is 0. The Labute approximate surface area is 92.8 Å². The number of hydrogen-bond donors (Lipinski definition) is 0. The first-order valence-electron chi connectivity index (χ1n) is 5.15. The minimum absolute atomic E-state index is 0.674. The molecule has 3 nitrogen and oxygen atoms in total. The Hall–Kier alpha value is -2.16. The zero-order valence-corrected chi connectivity index (χ0v) is 8.63. The number of pyridine rings is 1. The SMILES string of the molecule is c1ccc(Cc2ccc3ocnc3n2)cc1. The molecule has 1 aromatic carbocycles. The van der Waals surface area contributed by atoms with Gasteiger partial charge in [0.05, 0.1) is 0 Å². The third-order valence-corrected chi connectivity index (χ3v) is 2.48. The van der Waals surface area contributed by atoms with E-state index in [9.17, 15) is 0 Å². The van der Waals surface area contributed by atoms with E-state index in [0.717, 1.165) is 17.7 Å². The van der Waals surface area contributed by atoms with Gasteiger partial charge in [-0.05, 0) is 17.7 Å². The minimum Gasteiger partial charge on any atom is -0.442 e. The number of rotatable bonds is 2. The molecule has 0 fully saturated rings.